The molecule has 2 heterocycles. The highest BCUT2D eigenvalue weighted by atomic mass is 35.5. The summed E-state index contributed by atoms with van der Waals surface area (Å²) in [6.07, 6.45) is -1.71. The van der Waals surface area contributed by atoms with Crippen LogP contribution in [-0.2, 0) is 9.84 Å². The second-order valence-electron chi connectivity index (χ2n) is 3.74. The molecule has 0 radical (unpaired) electrons. The van der Waals surface area contributed by atoms with Gasteiger partial charge in [-0.1, -0.05) is 5.16 Å². The van der Waals surface area contributed by atoms with Crippen LogP contribution in [0.15, 0.2) is 44.4 Å². The monoisotopic (exact) mass is 323 g/mol. The first kappa shape index (κ1) is 14.7. The maximum atomic E-state index is 11.8. The van der Waals surface area contributed by atoms with Gasteiger partial charge >= 0.3 is 0 Å². The zero-order valence-corrected chi connectivity index (χ0v) is 11.4. The van der Waals surface area contributed by atoms with Crippen LogP contribution in [0.1, 0.15) is 6.42 Å². The van der Waals surface area contributed by atoms with Gasteiger partial charge in [-0.3, -0.25) is 0 Å². The van der Waals surface area contributed by atoms with Crippen molar-refractivity contribution in [2.45, 2.75) is 11.5 Å². The van der Waals surface area contributed by atoms with E-state index >= 15 is 0 Å². The van der Waals surface area contributed by atoms with Crippen LogP contribution in [0, 0.1) is 0 Å². The number of allylic oxidation sites excluding steroid dienone is 1. The third kappa shape index (κ3) is 3.45. The SMILES string of the molecule is O=S(=O)(CCC=C(F)F)c1cc(-c2ccc(Cl)o2)no1. The van der Waals surface area contributed by atoms with Crippen molar-refractivity contribution in [2.24, 2.45) is 0 Å². The Kier molecular flexibility index (Phi) is 4.24. The molecule has 0 N–H and O–H groups in total. The Bertz CT molecular complexity index is 731. The normalized spacial score (nSPS) is 11.6. The molecule has 0 atom stereocenters. The first-order valence-corrected chi connectivity index (χ1v) is 7.38. The smallest absolute Gasteiger partial charge is 0.266 e. The lowest BCUT2D eigenvalue weighted by molar-refractivity contribution is 0.339. The van der Waals surface area contributed by atoms with Gasteiger partial charge in [-0.25, -0.2) is 8.42 Å². The van der Waals surface area contributed by atoms with Gasteiger partial charge in [-0.05, 0) is 36.2 Å². The number of halogens is 3. The summed E-state index contributed by atoms with van der Waals surface area (Å²) in [6, 6.07) is 4.12. The number of furan rings is 1. The fourth-order valence-electron chi connectivity index (χ4n) is 1.40. The molecule has 0 unspecified atom stereocenters. The van der Waals surface area contributed by atoms with Gasteiger partial charge in [0.15, 0.2) is 16.7 Å². The van der Waals surface area contributed by atoms with E-state index in [2.05, 4.69) is 5.16 Å². The van der Waals surface area contributed by atoms with Crippen LogP contribution >= 0.6 is 11.6 Å². The van der Waals surface area contributed by atoms with Gasteiger partial charge < -0.3 is 8.94 Å². The van der Waals surface area contributed by atoms with Crippen LogP contribution in [0.4, 0.5) is 8.78 Å². The molecule has 0 spiro atoms. The first-order chi connectivity index (χ1) is 9.38. The average Bonchev–Trinajstić information content (AvgIpc) is 2.96. The molecule has 0 fully saturated rings. The van der Waals surface area contributed by atoms with Crippen molar-refractivity contribution in [2.75, 3.05) is 5.75 Å². The van der Waals surface area contributed by atoms with E-state index in [4.69, 9.17) is 20.5 Å². The highest BCUT2D eigenvalue weighted by Gasteiger charge is 2.21. The molecule has 108 valence electrons. The van der Waals surface area contributed by atoms with Crippen molar-refractivity contribution in [3.05, 3.63) is 35.6 Å². The van der Waals surface area contributed by atoms with Crippen LogP contribution in [-0.4, -0.2) is 19.3 Å². The van der Waals surface area contributed by atoms with Crippen molar-refractivity contribution in [1.82, 2.24) is 5.16 Å². The van der Waals surface area contributed by atoms with Crippen LogP contribution in [0.2, 0.25) is 5.22 Å². The third-order valence-corrected chi connectivity index (χ3v) is 4.09. The van der Waals surface area contributed by atoms with Crippen molar-refractivity contribution in [3.8, 4) is 11.5 Å². The molecule has 2 rings (SSSR count). The fraction of sp³-hybridized carbons (Fsp3) is 0.182. The lowest BCUT2D eigenvalue weighted by Gasteiger charge is -1.95. The first-order valence-electron chi connectivity index (χ1n) is 5.35. The van der Waals surface area contributed by atoms with E-state index in [1.807, 2.05) is 0 Å². The molecule has 0 aliphatic carbocycles. The predicted molar refractivity (Wildman–Crippen MR) is 66.2 cm³/mol. The average molecular weight is 324 g/mol. The van der Waals surface area contributed by atoms with E-state index in [9.17, 15) is 17.2 Å². The van der Waals surface area contributed by atoms with Crippen LogP contribution in [0.5, 0.6) is 0 Å². The molecule has 0 aliphatic heterocycles. The number of sulfone groups is 1. The van der Waals surface area contributed by atoms with Gasteiger partial charge in [0.25, 0.3) is 11.2 Å². The molecule has 0 aromatic carbocycles. The van der Waals surface area contributed by atoms with Gasteiger partial charge in [0, 0.05) is 6.07 Å². The third-order valence-electron chi connectivity index (χ3n) is 2.31. The Morgan fingerprint density at radius 3 is 2.75 bits per heavy atom. The second kappa shape index (κ2) is 5.76. The van der Waals surface area contributed by atoms with Gasteiger partial charge in [-0.2, -0.15) is 8.78 Å². The predicted octanol–water partition coefficient (Wildman–Crippen LogP) is 3.53. The van der Waals surface area contributed by atoms with E-state index in [1.165, 1.54) is 12.1 Å². The number of hydrogen-bond donors (Lipinski definition) is 0. The minimum atomic E-state index is -3.82. The van der Waals surface area contributed by atoms with Gasteiger partial charge in [0.2, 0.25) is 9.84 Å². The maximum Gasteiger partial charge on any atom is 0.266 e. The topological polar surface area (TPSA) is 73.3 Å². The maximum absolute atomic E-state index is 11.8. The molecule has 0 aliphatic rings. The standard InChI is InChI=1S/C11H8ClF2NO4S/c12-9-4-3-8(18-9)7-6-11(19-15-7)20(16,17)5-1-2-10(13)14/h2-4,6H,1,5H2. The number of aromatic nitrogens is 1. The van der Waals surface area contributed by atoms with Crippen molar-refractivity contribution >= 4 is 21.4 Å². The molecule has 5 nitrogen and oxygen atoms in total. The minimum absolute atomic E-state index is 0.121. The zero-order chi connectivity index (χ0) is 14.8. The molecule has 0 saturated carbocycles. The minimum Gasteiger partial charge on any atom is -0.443 e. The largest absolute Gasteiger partial charge is 0.443 e. The van der Waals surface area contributed by atoms with Crippen LogP contribution < -0.4 is 0 Å². The summed E-state index contributed by atoms with van der Waals surface area (Å²) in [6.45, 7) is 0. The lowest BCUT2D eigenvalue weighted by Crippen LogP contribution is -2.04. The van der Waals surface area contributed by atoms with E-state index in [0.717, 1.165) is 6.07 Å². The lowest BCUT2D eigenvalue weighted by atomic mass is 10.3. The Labute approximate surface area is 117 Å². The summed E-state index contributed by atoms with van der Waals surface area (Å²) >= 11 is 5.58. The number of hydrogen-bond acceptors (Lipinski definition) is 5. The van der Waals surface area contributed by atoms with Gasteiger partial charge in [0.1, 0.15) is 0 Å². The molecule has 20 heavy (non-hydrogen) atoms. The molecule has 9 heteroatoms. The second-order valence-corrected chi connectivity index (χ2v) is 6.15. The summed E-state index contributed by atoms with van der Waals surface area (Å²) in [5, 5.41) is 3.25. The number of nitrogens with zero attached hydrogens (tertiary/aromatic N) is 1. The fourth-order valence-corrected chi connectivity index (χ4v) is 2.61. The molecule has 0 bridgehead atoms. The summed E-state index contributed by atoms with van der Waals surface area (Å²) in [7, 11) is -3.82. The van der Waals surface area contributed by atoms with Crippen molar-refractivity contribution in [3.63, 3.8) is 0 Å². The van der Waals surface area contributed by atoms with Crippen LogP contribution in [0.3, 0.4) is 0 Å². The molecular weight excluding hydrogens is 316 g/mol. The Balaban J connectivity index is 2.17. The quantitative estimate of drug-likeness (QED) is 0.841. The molecule has 0 saturated heterocycles. The molecular formula is C11H8ClF2NO4S. The summed E-state index contributed by atoms with van der Waals surface area (Å²) in [4.78, 5) is 0. The van der Waals surface area contributed by atoms with Gasteiger partial charge in [-0.15, -0.1) is 0 Å². The van der Waals surface area contributed by atoms with E-state index in [1.54, 1.807) is 0 Å². The molecule has 2 aromatic rings. The van der Waals surface area contributed by atoms with Crippen molar-refractivity contribution in [1.29, 1.82) is 0 Å². The van der Waals surface area contributed by atoms with Crippen molar-refractivity contribution < 1.29 is 26.1 Å². The van der Waals surface area contributed by atoms with E-state index in [0.29, 0.717) is 6.08 Å². The summed E-state index contributed by atoms with van der Waals surface area (Å²) in [5.74, 6) is -0.257. The molecule has 2 aromatic heterocycles. The van der Waals surface area contributed by atoms with E-state index in [-0.39, 0.29) is 23.1 Å². The van der Waals surface area contributed by atoms with Gasteiger partial charge in [0.05, 0.1) is 5.75 Å². The summed E-state index contributed by atoms with van der Waals surface area (Å²) in [5.41, 5.74) is 0.155. The zero-order valence-electron chi connectivity index (χ0n) is 9.85. The van der Waals surface area contributed by atoms with E-state index < -0.39 is 26.8 Å². The molecule has 0 amide bonds. The summed E-state index contributed by atoms with van der Waals surface area (Å²) < 4.78 is 57.0. The highest BCUT2D eigenvalue weighted by Crippen LogP contribution is 2.26. The van der Waals surface area contributed by atoms with Crippen LogP contribution in [0.25, 0.3) is 11.5 Å². The number of rotatable bonds is 5. The Morgan fingerprint density at radius 1 is 1.40 bits per heavy atom. The highest BCUT2D eigenvalue weighted by molar-refractivity contribution is 7.91. The Hall–Kier alpha value is -1.67. The Morgan fingerprint density at radius 2 is 2.15 bits per heavy atom.